The molecule has 0 aromatic carbocycles. The van der Waals surface area contributed by atoms with Gasteiger partial charge in [0.1, 0.15) is 0 Å². The highest BCUT2D eigenvalue weighted by atomic mass is 32.2. The lowest BCUT2D eigenvalue weighted by atomic mass is 10.7. The Labute approximate surface area is 74.0 Å². The zero-order chi connectivity index (χ0) is 6.53. The molecule has 0 amide bonds. The summed E-state index contributed by atoms with van der Waals surface area (Å²) in [4.78, 5) is 1.51. The number of thiol groups is 1. The second-order valence-electron chi connectivity index (χ2n) is 1.49. The van der Waals surface area contributed by atoms with E-state index in [2.05, 4.69) is 18.0 Å². The van der Waals surface area contributed by atoms with Crippen LogP contribution in [0.25, 0.3) is 0 Å². The average molecular weight is 196 g/mol. The van der Waals surface area contributed by atoms with Gasteiger partial charge in [0.05, 0.1) is 0 Å². The Balaban J connectivity index is 2.11. The highest BCUT2D eigenvalue weighted by molar-refractivity contribution is 8.22. The molecule has 0 saturated carbocycles. The van der Waals surface area contributed by atoms with Crippen LogP contribution in [0, 0.1) is 0 Å². The molecule has 0 fully saturated rings. The Bertz CT molecular complexity index is 110. The predicted molar refractivity (Wildman–Crippen MR) is 54.4 cm³/mol. The molecule has 0 aliphatic carbocycles. The lowest BCUT2D eigenvalue weighted by molar-refractivity contribution is 1.75. The van der Waals surface area contributed by atoms with Gasteiger partial charge in [-0.3, -0.25) is 0 Å². The van der Waals surface area contributed by atoms with Gasteiger partial charge in [0, 0.05) is 20.8 Å². The maximum Gasteiger partial charge on any atom is 0.0478 e. The zero-order valence-electron chi connectivity index (χ0n) is 4.87. The molecule has 0 atom stereocenters. The summed E-state index contributed by atoms with van der Waals surface area (Å²) in [6.45, 7) is 0. The van der Waals surface area contributed by atoms with Gasteiger partial charge in [0.15, 0.2) is 0 Å². The first-order chi connectivity index (χ1) is 4.43. The first kappa shape index (κ1) is 8.24. The molecular weight excluding hydrogens is 188 g/mol. The van der Waals surface area contributed by atoms with Crippen molar-refractivity contribution in [1.82, 2.24) is 0 Å². The van der Waals surface area contributed by atoms with Gasteiger partial charge in [-0.2, -0.15) is 12.6 Å². The number of rotatable bonds is 3. The minimum atomic E-state index is 0.933. The fourth-order valence-corrected chi connectivity index (χ4v) is 3.73. The van der Waals surface area contributed by atoms with Gasteiger partial charge in [0.25, 0.3) is 0 Å². The van der Waals surface area contributed by atoms with Gasteiger partial charge in [-0.1, -0.05) is 0 Å². The minimum absolute atomic E-state index is 0.933. The highest BCUT2D eigenvalue weighted by Gasteiger charge is 2.03. The first-order valence-electron chi connectivity index (χ1n) is 2.55. The van der Waals surface area contributed by atoms with Crippen molar-refractivity contribution in [1.29, 1.82) is 0 Å². The SMILES string of the molecule is SCSCC1=CSCS1. The van der Waals surface area contributed by atoms with E-state index in [0.717, 1.165) is 10.8 Å². The van der Waals surface area contributed by atoms with Crippen molar-refractivity contribution in [3.8, 4) is 0 Å². The van der Waals surface area contributed by atoms with Crippen LogP contribution >= 0.6 is 47.9 Å². The van der Waals surface area contributed by atoms with Crippen LogP contribution in [0.3, 0.4) is 0 Å². The number of hydrogen-bond acceptors (Lipinski definition) is 4. The van der Waals surface area contributed by atoms with Crippen molar-refractivity contribution in [3.63, 3.8) is 0 Å². The summed E-state index contributed by atoms with van der Waals surface area (Å²) in [5.74, 6) is 1.15. The predicted octanol–water partition coefficient (Wildman–Crippen LogP) is 2.89. The monoisotopic (exact) mass is 196 g/mol. The van der Waals surface area contributed by atoms with E-state index in [0.29, 0.717) is 0 Å². The van der Waals surface area contributed by atoms with Crippen LogP contribution in [-0.2, 0) is 0 Å². The Morgan fingerprint density at radius 1 is 1.78 bits per heavy atom. The van der Waals surface area contributed by atoms with Gasteiger partial charge in [-0.25, -0.2) is 0 Å². The van der Waals surface area contributed by atoms with Crippen LogP contribution in [0.15, 0.2) is 10.3 Å². The van der Waals surface area contributed by atoms with E-state index in [1.807, 2.05) is 35.3 Å². The van der Waals surface area contributed by atoms with E-state index in [1.54, 1.807) is 0 Å². The minimum Gasteiger partial charge on any atom is -0.168 e. The second-order valence-corrected chi connectivity index (χ2v) is 5.55. The Kier molecular flexibility index (Phi) is 4.47. The van der Waals surface area contributed by atoms with Crippen molar-refractivity contribution in [2.45, 2.75) is 0 Å². The smallest absolute Gasteiger partial charge is 0.0478 e. The van der Waals surface area contributed by atoms with Crippen LogP contribution in [0.1, 0.15) is 0 Å². The normalized spacial score (nSPS) is 18.1. The first-order valence-corrected chi connectivity index (χ1v) is 6.37. The fraction of sp³-hybridized carbons (Fsp3) is 0.600. The van der Waals surface area contributed by atoms with Gasteiger partial charge < -0.3 is 0 Å². The molecule has 52 valence electrons. The Morgan fingerprint density at radius 3 is 3.22 bits per heavy atom. The van der Waals surface area contributed by atoms with Crippen LogP contribution in [0.4, 0.5) is 0 Å². The van der Waals surface area contributed by atoms with Crippen molar-refractivity contribution in [2.75, 3.05) is 15.9 Å². The number of thioether (sulfide) groups is 3. The summed E-state index contributed by atoms with van der Waals surface area (Å²) in [5, 5.41) is 4.39. The van der Waals surface area contributed by atoms with E-state index in [9.17, 15) is 0 Å². The third-order valence-electron chi connectivity index (χ3n) is 0.863. The van der Waals surface area contributed by atoms with Crippen LogP contribution in [-0.4, -0.2) is 15.9 Å². The molecule has 0 radical (unpaired) electrons. The van der Waals surface area contributed by atoms with Gasteiger partial charge >= 0.3 is 0 Å². The molecule has 0 aromatic rings. The molecule has 1 heterocycles. The van der Waals surface area contributed by atoms with Crippen molar-refractivity contribution < 1.29 is 0 Å². The molecule has 4 heteroatoms. The number of hydrogen-bond donors (Lipinski definition) is 1. The third kappa shape index (κ3) is 3.16. The molecular formula is C5H8S4. The van der Waals surface area contributed by atoms with Crippen molar-refractivity contribution in [2.24, 2.45) is 0 Å². The van der Waals surface area contributed by atoms with E-state index in [4.69, 9.17) is 0 Å². The second kappa shape index (κ2) is 4.88. The molecule has 0 N–H and O–H groups in total. The summed E-state index contributed by atoms with van der Waals surface area (Å²) < 4.78 is 0. The largest absolute Gasteiger partial charge is 0.168 e. The lowest BCUT2D eigenvalue weighted by Gasteiger charge is -1.95. The summed E-state index contributed by atoms with van der Waals surface area (Å²) in [6, 6.07) is 0. The molecule has 0 unspecified atom stereocenters. The van der Waals surface area contributed by atoms with Crippen LogP contribution in [0.2, 0.25) is 0 Å². The molecule has 0 nitrogen and oxygen atoms in total. The van der Waals surface area contributed by atoms with Crippen LogP contribution in [0.5, 0.6) is 0 Å². The molecule has 1 aliphatic heterocycles. The maximum atomic E-state index is 4.11. The summed E-state index contributed by atoms with van der Waals surface area (Å²) in [5.41, 5.74) is 0. The molecule has 0 saturated heterocycles. The third-order valence-corrected chi connectivity index (χ3v) is 4.54. The topological polar surface area (TPSA) is 0 Å². The summed E-state index contributed by atoms with van der Waals surface area (Å²) in [7, 11) is 0. The molecule has 9 heavy (non-hydrogen) atoms. The Morgan fingerprint density at radius 2 is 2.67 bits per heavy atom. The zero-order valence-corrected chi connectivity index (χ0v) is 8.21. The average Bonchev–Trinajstić information content (AvgIpc) is 2.34. The van der Waals surface area contributed by atoms with Crippen molar-refractivity contribution >= 4 is 47.9 Å². The summed E-state index contributed by atoms with van der Waals surface area (Å²) in [6.07, 6.45) is 0. The highest BCUT2D eigenvalue weighted by Crippen LogP contribution is 2.33. The maximum absolute atomic E-state index is 4.11. The van der Waals surface area contributed by atoms with E-state index in [1.165, 1.54) is 9.99 Å². The van der Waals surface area contributed by atoms with Gasteiger partial charge in [-0.15, -0.1) is 35.3 Å². The lowest BCUT2D eigenvalue weighted by Crippen LogP contribution is -1.76. The van der Waals surface area contributed by atoms with E-state index < -0.39 is 0 Å². The van der Waals surface area contributed by atoms with Crippen molar-refractivity contribution in [3.05, 3.63) is 10.3 Å². The van der Waals surface area contributed by atoms with Gasteiger partial charge in [-0.05, 0) is 5.41 Å². The fourth-order valence-electron chi connectivity index (χ4n) is 0.493. The van der Waals surface area contributed by atoms with E-state index >= 15 is 0 Å². The van der Waals surface area contributed by atoms with Gasteiger partial charge in [0.2, 0.25) is 0 Å². The van der Waals surface area contributed by atoms with E-state index in [-0.39, 0.29) is 0 Å². The molecule has 1 rings (SSSR count). The molecule has 0 aromatic heterocycles. The summed E-state index contributed by atoms with van der Waals surface area (Å²) >= 11 is 9.83. The van der Waals surface area contributed by atoms with Crippen LogP contribution < -0.4 is 0 Å². The molecule has 0 bridgehead atoms. The molecule has 1 aliphatic rings. The molecule has 0 spiro atoms. The Hall–Kier alpha value is 1.14. The quantitative estimate of drug-likeness (QED) is 0.545. The standard InChI is InChI=1S/C5H8S4/c6-3-7-1-5-2-8-4-9-5/h2,6H,1,3-4H2.